The summed E-state index contributed by atoms with van der Waals surface area (Å²) in [6.45, 7) is 0. The van der Waals surface area contributed by atoms with Crippen LogP contribution in [0.1, 0.15) is 0 Å². The zero-order valence-electron chi connectivity index (χ0n) is 13.1. The van der Waals surface area contributed by atoms with Crippen LogP contribution in [-0.2, 0) is 7.05 Å². The van der Waals surface area contributed by atoms with Crippen molar-refractivity contribution in [2.75, 3.05) is 0 Å². The molecule has 25 heavy (non-hydrogen) atoms. The van der Waals surface area contributed by atoms with Crippen LogP contribution in [0.4, 0.5) is 0 Å². The molecule has 0 fully saturated rings. The van der Waals surface area contributed by atoms with E-state index in [1.54, 1.807) is 39.6 Å². The van der Waals surface area contributed by atoms with Gasteiger partial charge < -0.3 is 0 Å². The van der Waals surface area contributed by atoms with Crippen molar-refractivity contribution in [1.82, 2.24) is 39.1 Å². The number of halogens is 1. The third-order valence-corrected chi connectivity index (χ3v) is 4.29. The number of fused-ring (bicyclic) bond motifs is 3. The average molecular weight is 351 g/mol. The van der Waals surface area contributed by atoms with E-state index in [4.69, 9.17) is 11.6 Å². The fourth-order valence-corrected chi connectivity index (χ4v) is 3.09. The molecule has 0 aliphatic heterocycles. The number of para-hydroxylation sites is 1. The summed E-state index contributed by atoms with van der Waals surface area (Å²) in [6, 6.07) is 9.83. The highest BCUT2D eigenvalue weighted by Crippen LogP contribution is 2.26. The Balaban J connectivity index is 1.75. The molecule has 0 bridgehead atoms. The maximum Gasteiger partial charge on any atom is 0.202 e. The Morgan fingerprint density at radius 3 is 2.60 bits per heavy atom. The Labute approximate surface area is 146 Å². The molecule has 0 unspecified atom stereocenters. The molecule has 1 aromatic carbocycles. The van der Waals surface area contributed by atoms with Gasteiger partial charge in [-0.3, -0.25) is 4.68 Å². The van der Waals surface area contributed by atoms with E-state index < -0.39 is 0 Å². The number of rotatable bonds is 2. The first-order chi connectivity index (χ1) is 12.2. The van der Waals surface area contributed by atoms with Crippen molar-refractivity contribution >= 4 is 28.3 Å². The predicted octanol–water partition coefficient (Wildman–Crippen LogP) is 2.52. The Bertz CT molecular complexity index is 1200. The van der Waals surface area contributed by atoms with E-state index in [2.05, 4.69) is 25.3 Å². The van der Waals surface area contributed by atoms with E-state index >= 15 is 0 Å². The molecule has 4 aromatic heterocycles. The van der Waals surface area contributed by atoms with Crippen LogP contribution in [0.3, 0.4) is 0 Å². The first-order valence-corrected chi connectivity index (χ1v) is 7.92. The normalized spacial score (nSPS) is 11.6. The van der Waals surface area contributed by atoms with Crippen molar-refractivity contribution in [3.63, 3.8) is 0 Å². The quantitative estimate of drug-likeness (QED) is 0.489. The largest absolute Gasteiger partial charge is 0.263 e. The number of benzene rings is 1. The first-order valence-electron chi connectivity index (χ1n) is 7.55. The van der Waals surface area contributed by atoms with Gasteiger partial charge in [0.2, 0.25) is 5.82 Å². The highest BCUT2D eigenvalue weighted by atomic mass is 35.5. The summed E-state index contributed by atoms with van der Waals surface area (Å²) >= 11 is 6.20. The third kappa shape index (κ3) is 2.04. The number of nitrogens with zero attached hydrogens (tertiary/aromatic N) is 8. The Morgan fingerprint density at radius 2 is 1.84 bits per heavy atom. The minimum absolute atomic E-state index is 0.492. The molecule has 5 aromatic rings. The Hall–Kier alpha value is -3.26. The van der Waals surface area contributed by atoms with Crippen LogP contribution in [0.15, 0.2) is 49.1 Å². The number of hydrogen-bond donors (Lipinski definition) is 0. The van der Waals surface area contributed by atoms with Gasteiger partial charge >= 0.3 is 0 Å². The summed E-state index contributed by atoms with van der Waals surface area (Å²) in [5, 5.41) is 14.4. The second kappa shape index (κ2) is 5.12. The molecule has 0 saturated carbocycles. The van der Waals surface area contributed by atoms with Gasteiger partial charge in [-0.25, -0.2) is 19.2 Å². The molecule has 0 radical (unpaired) electrons. The fourth-order valence-electron chi connectivity index (χ4n) is 2.84. The van der Waals surface area contributed by atoms with Crippen LogP contribution >= 0.6 is 11.6 Å². The van der Waals surface area contributed by atoms with Crippen molar-refractivity contribution in [3.8, 4) is 17.2 Å². The Kier molecular flexibility index (Phi) is 2.89. The highest BCUT2D eigenvalue weighted by molar-refractivity contribution is 6.32. The second-order valence-corrected chi connectivity index (χ2v) is 5.95. The van der Waals surface area contributed by atoms with Gasteiger partial charge in [0.1, 0.15) is 12.0 Å². The number of hydrogen-bond acceptors (Lipinski definition) is 5. The SMILES string of the molecule is Cn1ncc(Cl)c1-c1nc2c3cnn(-c4ccccc4)c3ncn2n1. The zero-order chi connectivity index (χ0) is 17.0. The van der Waals surface area contributed by atoms with E-state index in [1.807, 2.05) is 30.3 Å². The summed E-state index contributed by atoms with van der Waals surface area (Å²) in [4.78, 5) is 9.12. The lowest BCUT2D eigenvalue weighted by Gasteiger charge is -2.01. The molecule has 0 amide bonds. The average Bonchev–Trinajstić information content (AvgIpc) is 3.31. The molecule has 4 heterocycles. The molecule has 5 rings (SSSR count). The monoisotopic (exact) mass is 350 g/mol. The maximum absolute atomic E-state index is 6.20. The Morgan fingerprint density at radius 1 is 1.00 bits per heavy atom. The zero-order valence-corrected chi connectivity index (χ0v) is 13.8. The summed E-state index contributed by atoms with van der Waals surface area (Å²) in [5.41, 5.74) is 2.98. The van der Waals surface area contributed by atoms with Gasteiger partial charge in [0.15, 0.2) is 11.3 Å². The van der Waals surface area contributed by atoms with Gasteiger partial charge in [-0.1, -0.05) is 29.8 Å². The summed E-state index contributed by atoms with van der Waals surface area (Å²) in [7, 11) is 1.80. The highest BCUT2D eigenvalue weighted by Gasteiger charge is 2.18. The third-order valence-electron chi connectivity index (χ3n) is 4.01. The summed E-state index contributed by atoms with van der Waals surface area (Å²) in [6.07, 6.45) is 4.94. The predicted molar refractivity (Wildman–Crippen MR) is 92.6 cm³/mol. The molecule has 0 spiro atoms. The van der Waals surface area contributed by atoms with Crippen LogP contribution in [0.5, 0.6) is 0 Å². The van der Waals surface area contributed by atoms with Gasteiger partial charge in [-0.15, -0.1) is 5.10 Å². The van der Waals surface area contributed by atoms with Crippen LogP contribution < -0.4 is 0 Å². The first kappa shape index (κ1) is 14.1. The molecule has 0 saturated heterocycles. The van der Waals surface area contributed by atoms with Crippen LogP contribution in [0.2, 0.25) is 5.02 Å². The van der Waals surface area contributed by atoms with Crippen LogP contribution in [-0.4, -0.2) is 39.1 Å². The van der Waals surface area contributed by atoms with Crippen molar-refractivity contribution in [3.05, 3.63) is 54.1 Å². The van der Waals surface area contributed by atoms with Gasteiger partial charge in [-0.05, 0) is 12.1 Å². The molecule has 122 valence electrons. The van der Waals surface area contributed by atoms with Crippen LogP contribution in [0.25, 0.3) is 33.9 Å². The molecule has 0 N–H and O–H groups in total. The van der Waals surface area contributed by atoms with Gasteiger partial charge in [0.25, 0.3) is 0 Å². The molecule has 0 aliphatic carbocycles. The molecular formula is C16H11ClN8. The smallest absolute Gasteiger partial charge is 0.202 e. The molecule has 8 nitrogen and oxygen atoms in total. The minimum Gasteiger partial charge on any atom is -0.263 e. The van der Waals surface area contributed by atoms with Crippen molar-refractivity contribution < 1.29 is 0 Å². The van der Waals surface area contributed by atoms with Gasteiger partial charge in [0, 0.05) is 7.05 Å². The van der Waals surface area contributed by atoms with E-state index in [1.165, 1.54) is 0 Å². The number of aromatic nitrogens is 8. The number of aryl methyl sites for hydroxylation is 1. The summed E-state index contributed by atoms with van der Waals surface area (Å²) < 4.78 is 5.05. The second-order valence-electron chi connectivity index (χ2n) is 5.54. The molecule has 9 heteroatoms. The minimum atomic E-state index is 0.492. The van der Waals surface area contributed by atoms with E-state index in [0.29, 0.717) is 27.8 Å². The molecule has 0 aliphatic rings. The van der Waals surface area contributed by atoms with Crippen molar-refractivity contribution in [2.45, 2.75) is 0 Å². The lowest BCUT2D eigenvalue weighted by molar-refractivity contribution is 0.768. The lowest BCUT2D eigenvalue weighted by Crippen LogP contribution is -1.98. The maximum atomic E-state index is 6.20. The fraction of sp³-hybridized carbons (Fsp3) is 0.0625. The lowest BCUT2D eigenvalue weighted by atomic mass is 10.3. The van der Waals surface area contributed by atoms with Gasteiger partial charge in [0.05, 0.1) is 28.5 Å². The van der Waals surface area contributed by atoms with Crippen LogP contribution in [0, 0.1) is 0 Å². The molecular weight excluding hydrogens is 340 g/mol. The van der Waals surface area contributed by atoms with Crippen molar-refractivity contribution in [2.24, 2.45) is 7.05 Å². The van der Waals surface area contributed by atoms with Gasteiger partial charge in [-0.2, -0.15) is 10.2 Å². The van der Waals surface area contributed by atoms with Crippen molar-refractivity contribution in [1.29, 1.82) is 0 Å². The summed E-state index contributed by atoms with van der Waals surface area (Å²) in [5.74, 6) is 0.492. The topological polar surface area (TPSA) is 78.7 Å². The van der Waals surface area contributed by atoms with E-state index in [0.717, 1.165) is 11.1 Å². The van der Waals surface area contributed by atoms with E-state index in [9.17, 15) is 0 Å². The van der Waals surface area contributed by atoms with E-state index in [-0.39, 0.29) is 0 Å². The molecule has 0 atom stereocenters. The standard InChI is InChI=1S/C16H11ClN8/c1-23-13(12(17)8-19-23)14-21-16-11-7-20-25(10-5-3-2-4-6-10)15(11)18-9-24(16)22-14/h2-9H,1H3.